The van der Waals surface area contributed by atoms with Gasteiger partial charge in [-0.05, 0) is 30.3 Å². The Morgan fingerprint density at radius 2 is 1.79 bits per heavy atom. The molecule has 3 aromatic rings. The van der Waals surface area contributed by atoms with E-state index in [0.717, 1.165) is 16.3 Å². The molecule has 0 bridgehead atoms. The van der Waals surface area contributed by atoms with Crippen LogP contribution in [0.15, 0.2) is 72.1 Å². The summed E-state index contributed by atoms with van der Waals surface area (Å²) in [4.78, 5) is 29.5. The smallest absolute Gasteiger partial charge is 0.355 e. The van der Waals surface area contributed by atoms with Crippen LogP contribution in [0.1, 0.15) is 10.5 Å². The number of sulfone groups is 1. The van der Waals surface area contributed by atoms with E-state index in [9.17, 15) is 18.0 Å². The number of fused-ring (bicyclic) bond motifs is 1. The molecule has 0 aliphatic carbocycles. The molecule has 148 valence electrons. The van der Waals surface area contributed by atoms with Crippen molar-refractivity contribution in [3.8, 4) is 0 Å². The highest BCUT2D eigenvalue weighted by Crippen LogP contribution is 2.23. The largest absolute Gasteiger partial charge is 0.451 e. The number of amides is 1. The molecule has 2 heterocycles. The van der Waals surface area contributed by atoms with Crippen molar-refractivity contribution >= 4 is 38.3 Å². The third kappa shape index (κ3) is 4.07. The van der Waals surface area contributed by atoms with Crippen LogP contribution in [0.2, 0.25) is 0 Å². The number of carbonyl (C=O) groups is 2. The van der Waals surface area contributed by atoms with Crippen molar-refractivity contribution in [3.63, 3.8) is 0 Å². The second-order valence-corrected chi connectivity index (χ2v) is 8.60. The third-order valence-corrected chi connectivity index (χ3v) is 6.00. The van der Waals surface area contributed by atoms with Crippen LogP contribution in [-0.4, -0.2) is 43.7 Å². The lowest BCUT2D eigenvalue weighted by Gasteiger charge is -2.27. The summed E-state index contributed by atoms with van der Waals surface area (Å²) in [5.41, 5.74) is 1.57. The normalized spacial score (nSPS) is 17.3. The number of aromatic nitrogens is 1. The molecule has 29 heavy (non-hydrogen) atoms. The lowest BCUT2D eigenvalue weighted by atomic mass is 10.2. The molecule has 8 heteroatoms. The van der Waals surface area contributed by atoms with Crippen LogP contribution in [-0.2, 0) is 19.4 Å². The van der Waals surface area contributed by atoms with E-state index in [1.54, 1.807) is 36.4 Å². The molecule has 1 atom stereocenters. The first-order valence-corrected chi connectivity index (χ1v) is 10.7. The zero-order chi connectivity index (χ0) is 20.4. The van der Waals surface area contributed by atoms with Crippen LogP contribution in [0.25, 0.3) is 10.9 Å². The van der Waals surface area contributed by atoms with Gasteiger partial charge in [0.2, 0.25) is 0 Å². The Labute approximate surface area is 167 Å². The van der Waals surface area contributed by atoms with E-state index in [4.69, 9.17) is 4.74 Å². The quantitative estimate of drug-likeness (QED) is 0.653. The molecule has 1 aliphatic rings. The molecule has 1 N–H and O–H groups in total. The summed E-state index contributed by atoms with van der Waals surface area (Å²) in [6.07, 6.45) is 1.47. The van der Waals surface area contributed by atoms with Crippen LogP contribution in [0.4, 0.5) is 5.69 Å². The number of rotatable bonds is 5. The average molecular weight is 410 g/mol. The third-order valence-electron chi connectivity index (χ3n) is 4.62. The monoisotopic (exact) mass is 410 g/mol. The highest BCUT2D eigenvalue weighted by molar-refractivity contribution is 7.94. The zero-order valence-corrected chi connectivity index (χ0v) is 16.1. The summed E-state index contributed by atoms with van der Waals surface area (Å²) in [6, 6.07) is 17.1. The minimum atomic E-state index is -3.36. The Bertz CT molecular complexity index is 1170. The van der Waals surface area contributed by atoms with Crippen LogP contribution in [0, 0.1) is 0 Å². The Morgan fingerprint density at radius 3 is 2.48 bits per heavy atom. The van der Waals surface area contributed by atoms with Crippen molar-refractivity contribution in [2.24, 2.45) is 0 Å². The standard InChI is InChI=1S/C21H18N2O5S/c24-20(13-28-21(25)19-12-15-6-4-5-9-18(15)22-19)23(16-7-2-1-3-8-16)17-10-11-29(26,27)14-17/h1-12,17,22H,13-14H2/t17-/m1/s1. The molecule has 7 nitrogen and oxygen atoms in total. The van der Waals surface area contributed by atoms with Gasteiger partial charge in [-0.1, -0.05) is 36.4 Å². The summed E-state index contributed by atoms with van der Waals surface area (Å²) in [5.74, 6) is -1.37. The van der Waals surface area contributed by atoms with Gasteiger partial charge in [-0.3, -0.25) is 4.79 Å². The minimum Gasteiger partial charge on any atom is -0.451 e. The predicted molar refractivity (Wildman–Crippen MR) is 109 cm³/mol. The van der Waals surface area contributed by atoms with E-state index in [2.05, 4.69) is 4.98 Å². The molecule has 0 fully saturated rings. The molecule has 0 saturated carbocycles. The van der Waals surface area contributed by atoms with E-state index in [1.165, 1.54) is 11.0 Å². The number of benzene rings is 2. The average Bonchev–Trinajstić information content (AvgIpc) is 3.30. The number of nitrogens with one attached hydrogen (secondary N) is 1. The van der Waals surface area contributed by atoms with Gasteiger partial charge in [0.05, 0.1) is 11.8 Å². The van der Waals surface area contributed by atoms with Gasteiger partial charge >= 0.3 is 5.97 Å². The van der Waals surface area contributed by atoms with Gasteiger partial charge in [0.15, 0.2) is 16.4 Å². The first kappa shape index (κ1) is 18.9. The van der Waals surface area contributed by atoms with E-state index >= 15 is 0 Å². The molecule has 0 spiro atoms. The summed E-state index contributed by atoms with van der Waals surface area (Å²) in [7, 11) is -3.36. The van der Waals surface area contributed by atoms with Gasteiger partial charge in [-0.15, -0.1) is 0 Å². The molecule has 2 aromatic carbocycles. The maximum absolute atomic E-state index is 12.9. The Kier molecular flexibility index (Phi) is 4.94. The highest BCUT2D eigenvalue weighted by atomic mass is 32.2. The molecule has 1 amide bonds. The number of carbonyl (C=O) groups excluding carboxylic acids is 2. The minimum absolute atomic E-state index is 0.205. The molecule has 0 unspecified atom stereocenters. The van der Waals surface area contributed by atoms with Gasteiger partial charge in [0, 0.05) is 22.0 Å². The number of H-pyrrole nitrogens is 1. The number of hydrogen-bond donors (Lipinski definition) is 1. The van der Waals surface area contributed by atoms with Crippen LogP contribution in [0.5, 0.6) is 0 Å². The predicted octanol–water partition coefficient (Wildman–Crippen LogP) is 2.67. The zero-order valence-electron chi connectivity index (χ0n) is 15.3. The van der Waals surface area contributed by atoms with Crippen LogP contribution < -0.4 is 4.90 Å². The summed E-state index contributed by atoms with van der Waals surface area (Å²) >= 11 is 0. The molecule has 1 aliphatic heterocycles. The maximum Gasteiger partial charge on any atom is 0.355 e. The first-order valence-electron chi connectivity index (χ1n) is 8.96. The molecule has 4 rings (SSSR count). The Balaban J connectivity index is 1.50. The second kappa shape index (κ2) is 7.56. The van der Waals surface area contributed by atoms with Crippen molar-refractivity contribution in [2.75, 3.05) is 17.3 Å². The molecule has 1 aromatic heterocycles. The Morgan fingerprint density at radius 1 is 1.07 bits per heavy atom. The van der Waals surface area contributed by atoms with Crippen LogP contribution >= 0.6 is 0 Å². The molecule has 0 radical (unpaired) electrons. The number of nitrogens with zero attached hydrogens (tertiary/aromatic N) is 1. The van der Waals surface area contributed by atoms with Crippen molar-refractivity contribution in [1.29, 1.82) is 0 Å². The van der Waals surface area contributed by atoms with E-state index in [0.29, 0.717) is 5.69 Å². The molecule has 0 saturated heterocycles. The summed E-state index contributed by atoms with van der Waals surface area (Å²) in [5, 5.41) is 1.97. The van der Waals surface area contributed by atoms with Crippen molar-refractivity contribution in [2.45, 2.75) is 6.04 Å². The number of aromatic amines is 1. The SMILES string of the molecule is O=C(OCC(=O)N(c1ccccc1)[C@@H]1C=CS(=O)(=O)C1)c1cc2ccccc2[nH]1. The topological polar surface area (TPSA) is 96.5 Å². The first-order chi connectivity index (χ1) is 13.9. The van der Waals surface area contributed by atoms with E-state index in [1.807, 2.05) is 24.3 Å². The fourth-order valence-electron chi connectivity index (χ4n) is 3.29. The van der Waals surface area contributed by atoms with Gasteiger partial charge in [0.25, 0.3) is 5.91 Å². The van der Waals surface area contributed by atoms with Gasteiger partial charge in [0.1, 0.15) is 5.69 Å². The molecular formula is C21H18N2O5S. The van der Waals surface area contributed by atoms with Gasteiger partial charge in [-0.2, -0.15) is 0 Å². The molecular weight excluding hydrogens is 392 g/mol. The number of esters is 1. The highest BCUT2D eigenvalue weighted by Gasteiger charge is 2.32. The van der Waals surface area contributed by atoms with Gasteiger partial charge < -0.3 is 14.6 Å². The number of hydrogen-bond acceptors (Lipinski definition) is 5. The van der Waals surface area contributed by atoms with Gasteiger partial charge in [-0.25, -0.2) is 13.2 Å². The maximum atomic E-state index is 12.9. The lowest BCUT2D eigenvalue weighted by molar-refractivity contribution is -0.121. The fourth-order valence-corrected chi connectivity index (χ4v) is 4.56. The van der Waals surface area contributed by atoms with E-state index in [-0.39, 0.29) is 11.4 Å². The number of ether oxygens (including phenoxy) is 1. The fraction of sp³-hybridized carbons (Fsp3) is 0.143. The number of para-hydroxylation sites is 2. The number of anilines is 1. The second-order valence-electron chi connectivity index (χ2n) is 6.67. The van der Waals surface area contributed by atoms with Crippen molar-refractivity contribution in [1.82, 2.24) is 4.98 Å². The van der Waals surface area contributed by atoms with Crippen LogP contribution in [0.3, 0.4) is 0 Å². The summed E-state index contributed by atoms with van der Waals surface area (Å²) < 4.78 is 28.8. The van der Waals surface area contributed by atoms with Crippen molar-refractivity contribution < 1.29 is 22.7 Å². The van der Waals surface area contributed by atoms with Crippen molar-refractivity contribution in [3.05, 3.63) is 77.8 Å². The van der Waals surface area contributed by atoms with E-state index < -0.39 is 34.4 Å². The lowest BCUT2D eigenvalue weighted by Crippen LogP contribution is -2.43. The Hall–Kier alpha value is -3.39. The summed E-state index contributed by atoms with van der Waals surface area (Å²) in [6.45, 7) is -0.506.